The average Bonchev–Trinajstić information content (AvgIpc) is 3.41. The highest BCUT2D eigenvalue weighted by Gasteiger charge is 2.62. The Morgan fingerprint density at radius 1 is 1.05 bits per heavy atom. The second-order valence-electron chi connectivity index (χ2n) is 14.2. The summed E-state index contributed by atoms with van der Waals surface area (Å²) in [6.45, 7) is 24.2. The Labute approximate surface area is 243 Å². The van der Waals surface area contributed by atoms with Crippen LogP contribution in [0.5, 0.6) is 0 Å². The average molecular weight is 618 g/mol. The van der Waals surface area contributed by atoms with Gasteiger partial charge in [0.25, 0.3) is 0 Å². The second kappa shape index (κ2) is 11.9. The molecule has 1 saturated heterocycles. The SMILES string of the molecule is CC1(C)COC2(OC1)C(CCCCC#C[Si](C)(C)C)=C2C(O[Si](C)(C)C(C)(C)C)/C(Br)=C/c1ccccc1. The van der Waals surface area contributed by atoms with Crippen molar-refractivity contribution >= 4 is 38.4 Å². The first-order chi connectivity index (χ1) is 17.5. The first-order valence-corrected chi connectivity index (χ1v) is 21.3. The summed E-state index contributed by atoms with van der Waals surface area (Å²) in [6, 6.07) is 10.4. The standard InChI is InChI=1S/C32H49BrO3Si2/c1-30(2,3)38(9,10)36-29(27(33)22-25-18-14-13-15-19-25)28-26(20-16-11-12-17-21-37(6,7)8)32(28)34-23-31(4,5)24-35-32/h13-15,18-19,22,29H,11-12,16,20,23-24H2,1-10H3/b27-22-. The largest absolute Gasteiger partial charge is 0.405 e. The van der Waals surface area contributed by atoms with E-state index in [1.807, 2.05) is 6.07 Å². The third-order valence-corrected chi connectivity index (χ3v) is 13.6. The lowest BCUT2D eigenvalue weighted by Gasteiger charge is -2.41. The van der Waals surface area contributed by atoms with Crippen LogP contribution < -0.4 is 0 Å². The van der Waals surface area contributed by atoms with Gasteiger partial charge in [-0.15, -0.1) is 11.5 Å². The highest BCUT2D eigenvalue weighted by atomic mass is 79.9. The zero-order valence-electron chi connectivity index (χ0n) is 25.4. The van der Waals surface area contributed by atoms with Crippen LogP contribution in [-0.4, -0.2) is 41.5 Å². The number of hydrogen-bond acceptors (Lipinski definition) is 3. The quantitative estimate of drug-likeness (QED) is 0.120. The van der Waals surface area contributed by atoms with Gasteiger partial charge in [-0.3, -0.25) is 0 Å². The molecule has 2 aliphatic rings. The molecular weight excluding hydrogens is 568 g/mol. The molecule has 1 aliphatic carbocycles. The van der Waals surface area contributed by atoms with E-state index in [0.29, 0.717) is 13.2 Å². The van der Waals surface area contributed by atoms with Gasteiger partial charge in [0.2, 0.25) is 5.79 Å². The molecule has 0 amide bonds. The minimum atomic E-state index is -2.11. The first-order valence-electron chi connectivity index (χ1n) is 14.1. The molecule has 38 heavy (non-hydrogen) atoms. The normalized spacial score (nSPS) is 20.2. The maximum Gasteiger partial charge on any atom is 0.218 e. The lowest BCUT2D eigenvalue weighted by Crippen LogP contribution is -2.47. The lowest BCUT2D eigenvalue weighted by atomic mass is 9.95. The Morgan fingerprint density at radius 2 is 1.66 bits per heavy atom. The Balaban J connectivity index is 1.92. The molecule has 0 radical (unpaired) electrons. The monoisotopic (exact) mass is 616 g/mol. The Hall–Kier alpha value is -0.946. The summed E-state index contributed by atoms with van der Waals surface area (Å²) in [5.41, 5.74) is 7.09. The topological polar surface area (TPSA) is 27.7 Å². The molecule has 0 bridgehead atoms. The van der Waals surface area contributed by atoms with Crippen LogP contribution in [0, 0.1) is 16.9 Å². The molecule has 1 heterocycles. The van der Waals surface area contributed by atoms with Gasteiger partial charge in [0, 0.05) is 27.5 Å². The fourth-order valence-corrected chi connectivity index (χ4v) is 6.90. The van der Waals surface area contributed by atoms with E-state index in [-0.39, 0.29) is 16.6 Å². The molecule has 0 aromatic heterocycles. The summed E-state index contributed by atoms with van der Waals surface area (Å²) < 4.78 is 21.3. The molecule has 210 valence electrons. The second-order valence-corrected chi connectivity index (χ2v) is 24.6. The molecule has 0 N–H and O–H groups in total. The van der Waals surface area contributed by atoms with Crippen molar-refractivity contribution in [3.63, 3.8) is 0 Å². The Morgan fingerprint density at radius 3 is 2.21 bits per heavy atom. The number of benzene rings is 1. The highest BCUT2D eigenvalue weighted by molar-refractivity contribution is 9.11. The molecule has 0 saturated carbocycles. The summed E-state index contributed by atoms with van der Waals surface area (Å²) in [4.78, 5) is 0. The van der Waals surface area contributed by atoms with Gasteiger partial charge < -0.3 is 13.9 Å². The van der Waals surface area contributed by atoms with Gasteiger partial charge in [-0.05, 0) is 49.0 Å². The van der Waals surface area contributed by atoms with Crippen LogP contribution in [0.1, 0.15) is 65.9 Å². The minimum absolute atomic E-state index is 0.00336. The Bertz CT molecular complexity index is 1090. The molecule has 6 heteroatoms. The van der Waals surface area contributed by atoms with Crippen LogP contribution >= 0.6 is 15.9 Å². The molecule has 3 nitrogen and oxygen atoms in total. The maximum absolute atomic E-state index is 7.14. The third-order valence-electron chi connectivity index (χ3n) is 7.62. The van der Waals surface area contributed by atoms with Gasteiger partial charge in [0.05, 0.1) is 13.2 Å². The molecule has 1 atom stereocenters. The predicted molar refractivity (Wildman–Crippen MR) is 170 cm³/mol. The summed E-state index contributed by atoms with van der Waals surface area (Å²) >= 11 is 3.96. The number of hydrogen-bond donors (Lipinski definition) is 0. The molecule has 3 rings (SSSR count). The van der Waals surface area contributed by atoms with Crippen LogP contribution in [0.3, 0.4) is 0 Å². The molecule has 1 spiro atoms. The van der Waals surface area contributed by atoms with Crippen molar-refractivity contribution < 1.29 is 13.9 Å². The summed E-state index contributed by atoms with van der Waals surface area (Å²) in [6.07, 6.45) is 6.03. The van der Waals surface area contributed by atoms with Gasteiger partial charge in [0.15, 0.2) is 8.32 Å². The van der Waals surface area contributed by atoms with Crippen molar-refractivity contribution in [3.8, 4) is 11.5 Å². The molecule has 1 unspecified atom stereocenters. The summed E-state index contributed by atoms with van der Waals surface area (Å²) in [7, 11) is -3.42. The number of ether oxygens (including phenoxy) is 2. The Kier molecular flexibility index (Phi) is 9.88. The van der Waals surface area contributed by atoms with Crippen LogP contribution in [0.25, 0.3) is 6.08 Å². The number of unbranched alkanes of at least 4 members (excludes halogenated alkanes) is 2. The van der Waals surface area contributed by atoms with E-state index in [1.165, 1.54) is 11.1 Å². The van der Waals surface area contributed by atoms with Crippen molar-refractivity contribution in [2.45, 2.75) is 110 Å². The van der Waals surface area contributed by atoms with Gasteiger partial charge in [-0.25, -0.2) is 0 Å². The van der Waals surface area contributed by atoms with Crippen LogP contribution in [0.2, 0.25) is 37.8 Å². The smallest absolute Gasteiger partial charge is 0.218 e. The number of rotatable bonds is 9. The minimum Gasteiger partial charge on any atom is -0.405 e. The zero-order valence-corrected chi connectivity index (χ0v) is 29.0. The van der Waals surface area contributed by atoms with E-state index in [9.17, 15) is 0 Å². The van der Waals surface area contributed by atoms with Gasteiger partial charge in [0.1, 0.15) is 14.2 Å². The van der Waals surface area contributed by atoms with Crippen LogP contribution in [0.15, 0.2) is 46.0 Å². The van der Waals surface area contributed by atoms with Gasteiger partial charge >= 0.3 is 0 Å². The van der Waals surface area contributed by atoms with Gasteiger partial charge in [-0.1, -0.05) is 101 Å². The van der Waals surface area contributed by atoms with Crippen LogP contribution in [-0.2, 0) is 13.9 Å². The number of halogens is 1. The molecule has 1 aromatic carbocycles. The molecule has 1 fully saturated rings. The van der Waals surface area contributed by atoms with Crippen LogP contribution in [0.4, 0.5) is 0 Å². The fourth-order valence-electron chi connectivity index (χ4n) is 4.30. The van der Waals surface area contributed by atoms with Crippen molar-refractivity contribution in [2.24, 2.45) is 5.41 Å². The highest BCUT2D eigenvalue weighted by Crippen LogP contribution is 2.58. The predicted octanol–water partition coefficient (Wildman–Crippen LogP) is 9.33. The molecular formula is C32H49BrO3Si2. The van der Waals surface area contributed by atoms with E-state index in [2.05, 4.69) is 125 Å². The zero-order chi connectivity index (χ0) is 28.4. The first kappa shape index (κ1) is 31.6. The van der Waals surface area contributed by atoms with Crippen molar-refractivity contribution in [1.82, 2.24) is 0 Å². The van der Waals surface area contributed by atoms with Gasteiger partial charge in [-0.2, -0.15) is 0 Å². The summed E-state index contributed by atoms with van der Waals surface area (Å²) in [5, 5.41) is 0.0827. The summed E-state index contributed by atoms with van der Waals surface area (Å²) in [5.74, 6) is 2.70. The van der Waals surface area contributed by atoms with Crippen molar-refractivity contribution in [3.05, 3.63) is 51.5 Å². The molecule has 1 aromatic rings. The van der Waals surface area contributed by atoms with E-state index in [4.69, 9.17) is 13.9 Å². The fraction of sp³-hybridized carbons (Fsp3) is 0.625. The van der Waals surface area contributed by atoms with Crippen molar-refractivity contribution in [1.29, 1.82) is 0 Å². The lowest BCUT2D eigenvalue weighted by molar-refractivity contribution is -0.236. The van der Waals surface area contributed by atoms with E-state index >= 15 is 0 Å². The van der Waals surface area contributed by atoms with E-state index in [1.54, 1.807) is 0 Å². The molecule has 1 aliphatic heterocycles. The maximum atomic E-state index is 7.14. The van der Waals surface area contributed by atoms with Crippen molar-refractivity contribution in [2.75, 3.05) is 13.2 Å². The van der Waals surface area contributed by atoms with E-state index in [0.717, 1.165) is 35.7 Å². The van der Waals surface area contributed by atoms with E-state index < -0.39 is 22.2 Å². The third kappa shape index (κ3) is 8.05.